The zero-order valence-corrected chi connectivity index (χ0v) is 10.9. The van der Waals surface area contributed by atoms with Crippen LogP contribution in [0.15, 0.2) is 12.4 Å². The van der Waals surface area contributed by atoms with Gasteiger partial charge in [-0.3, -0.25) is 0 Å². The largest absolute Gasteiger partial charge is 0.392 e. The lowest BCUT2D eigenvalue weighted by molar-refractivity contribution is -0.0512. The molecule has 1 saturated carbocycles. The van der Waals surface area contributed by atoms with Crippen molar-refractivity contribution in [2.45, 2.75) is 32.4 Å². The Kier molecular flexibility index (Phi) is 2.85. The second-order valence-corrected chi connectivity index (χ2v) is 5.74. The van der Waals surface area contributed by atoms with E-state index in [0.29, 0.717) is 5.95 Å². The number of aliphatic hydroxyl groups is 1. The van der Waals surface area contributed by atoms with E-state index in [-0.39, 0.29) is 17.6 Å². The van der Waals surface area contributed by atoms with E-state index in [1.54, 1.807) is 12.4 Å². The van der Waals surface area contributed by atoms with Gasteiger partial charge in [-0.15, -0.1) is 0 Å². The fourth-order valence-corrected chi connectivity index (χ4v) is 1.97. The number of hydrogen-bond donors (Lipinski definition) is 2. The van der Waals surface area contributed by atoms with Gasteiger partial charge in [-0.1, -0.05) is 13.8 Å². The fraction of sp³-hybridized carbons (Fsp3) is 0.600. The van der Waals surface area contributed by atoms with E-state index in [1.807, 2.05) is 13.8 Å². The molecule has 82 valence electrons. The average Bonchev–Trinajstić information content (AvgIpc) is 2.21. The highest BCUT2D eigenvalue weighted by atomic mass is 127. The summed E-state index contributed by atoms with van der Waals surface area (Å²) < 4.78 is 1.02. The number of nitrogens with one attached hydrogen (secondary N) is 1. The van der Waals surface area contributed by atoms with Crippen LogP contribution < -0.4 is 5.32 Å². The van der Waals surface area contributed by atoms with Crippen LogP contribution in [0.25, 0.3) is 0 Å². The second kappa shape index (κ2) is 3.86. The molecule has 1 heterocycles. The van der Waals surface area contributed by atoms with Crippen LogP contribution in [-0.4, -0.2) is 27.2 Å². The Labute approximate surface area is 103 Å². The summed E-state index contributed by atoms with van der Waals surface area (Å²) in [7, 11) is 0. The Bertz CT molecular complexity index is 352. The summed E-state index contributed by atoms with van der Waals surface area (Å²) in [4.78, 5) is 8.36. The van der Waals surface area contributed by atoms with Gasteiger partial charge in [0.1, 0.15) is 0 Å². The maximum atomic E-state index is 9.59. The summed E-state index contributed by atoms with van der Waals surface area (Å²) in [6, 6.07) is 0.257. The molecule has 1 aromatic rings. The number of rotatable bonds is 2. The van der Waals surface area contributed by atoms with Crippen molar-refractivity contribution in [3.05, 3.63) is 16.0 Å². The number of nitrogens with zero attached hydrogens (tertiary/aromatic N) is 2. The molecule has 4 nitrogen and oxygen atoms in total. The lowest BCUT2D eigenvalue weighted by Gasteiger charge is -2.49. The molecule has 1 aromatic heterocycles. The van der Waals surface area contributed by atoms with Gasteiger partial charge >= 0.3 is 0 Å². The minimum atomic E-state index is -0.223. The van der Waals surface area contributed by atoms with Crippen LogP contribution in [-0.2, 0) is 0 Å². The molecule has 2 atom stereocenters. The molecule has 0 amide bonds. The standard InChI is InChI=1S/C10H14IN3O/c1-10(2)7(3-8(10)15)14-9-12-4-6(11)5-13-9/h4-5,7-8,15H,3H2,1-2H3,(H,12,13,14). The van der Waals surface area contributed by atoms with Crippen molar-refractivity contribution in [1.82, 2.24) is 9.97 Å². The Balaban J connectivity index is 2.02. The molecule has 15 heavy (non-hydrogen) atoms. The summed E-state index contributed by atoms with van der Waals surface area (Å²) in [5, 5.41) is 12.8. The van der Waals surface area contributed by atoms with Crippen molar-refractivity contribution in [3.8, 4) is 0 Å². The molecule has 0 spiro atoms. The van der Waals surface area contributed by atoms with Crippen LogP contribution in [0, 0.1) is 8.99 Å². The molecule has 0 aromatic carbocycles. The minimum Gasteiger partial charge on any atom is -0.392 e. The summed E-state index contributed by atoms with van der Waals surface area (Å²) in [5.74, 6) is 0.639. The van der Waals surface area contributed by atoms with Gasteiger partial charge in [0, 0.05) is 27.4 Å². The summed E-state index contributed by atoms with van der Waals surface area (Å²) >= 11 is 2.17. The third-order valence-electron chi connectivity index (χ3n) is 3.14. The van der Waals surface area contributed by atoms with Crippen LogP contribution in [0.3, 0.4) is 0 Å². The SMILES string of the molecule is CC1(C)C(O)CC1Nc1ncc(I)cn1. The topological polar surface area (TPSA) is 58.0 Å². The highest BCUT2D eigenvalue weighted by Crippen LogP contribution is 2.41. The lowest BCUT2D eigenvalue weighted by Crippen LogP contribution is -2.57. The third kappa shape index (κ3) is 2.08. The first-order valence-corrected chi connectivity index (χ1v) is 6.00. The molecule has 0 saturated heterocycles. The van der Waals surface area contributed by atoms with E-state index >= 15 is 0 Å². The molecule has 1 aliphatic rings. The van der Waals surface area contributed by atoms with E-state index in [1.165, 1.54) is 0 Å². The van der Waals surface area contributed by atoms with E-state index in [4.69, 9.17) is 0 Å². The van der Waals surface area contributed by atoms with Crippen LogP contribution >= 0.6 is 22.6 Å². The van der Waals surface area contributed by atoms with Gasteiger partial charge in [0.25, 0.3) is 0 Å². The van der Waals surface area contributed by atoms with Gasteiger partial charge in [0.15, 0.2) is 0 Å². The zero-order chi connectivity index (χ0) is 11.1. The maximum absolute atomic E-state index is 9.59. The minimum absolute atomic E-state index is 0.0909. The van der Waals surface area contributed by atoms with Gasteiger partial charge in [-0.2, -0.15) is 0 Å². The average molecular weight is 319 g/mol. The number of aliphatic hydroxyl groups excluding tert-OH is 1. The maximum Gasteiger partial charge on any atom is 0.222 e. The quantitative estimate of drug-likeness (QED) is 0.814. The molecule has 2 rings (SSSR count). The van der Waals surface area contributed by atoms with Crippen LogP contribution in [0.4, 0.5) is 5.95 Å². The molecule has 5 heteroatoms. The summed E-state index contributed by atoms with van der Waals surface area (Å²) in [6.45, 7) is 4.09. The van der Waals surface area contributed by atoms with Gasteiger partial charge in [-0.25, -0.2) is 9.97 Å². The highest BCUT2D eigenvalue weighted by Gasteiger charge is 2.47. The Hall–Kier alpha value is -0.430. The van der Waals surface area contributed by atoms with E-state index in [9.17, 15) is 5.11 Å². The fourth-order valence-electron chi connectivity index (χ4n) is 1.69. The number of aromatic nitrogens is 2. The molecular formula is C10H14IN3O. The van der Waals surface area contributed by atoms with E-state index in [2.05, 4.69) is 37.9 Å². The number of halogens is 1. The van der Waals surface area contributed by atoms with Crippen LogP contribution in [0.2, 0.25) is 0 Å². The van der Waals surface area contributed by atoms with Gasteiger partial charge < -0.3 is 10.4 Å². The van der Waals surface area contributed by atoms with E-state index < -0.39 is 0 Å². The van der Waals surface area contributed by atoms with E-state index in [0.717, 1.165) is 9.99 Å². The first-order chi connectivity index (χ1) is 7.00. The van der Waals surface area contributed by atoms with Crippen molar-refractivity contribution in [1.29, 1.82) is 0 Å². The lowest BCUT2D eigenvalue weighted by atomic mass is 9.65. The molecular weight excluding hydrogens is 305 g/mol. The first kappa shape index (κ1) is 11.1. The molecule has 0 aliphatic heterocycles. The molecule has 1 fully saturated rings. The predicted octanol–water partition coefficient (Wildman–Crippen LogP) is 1.65. The van der Waals surface area contributed by atoms with Crippen molar-refractivity contribution in [2.75, 3.05) is 5.32 Å². The first-order valence-electron chi connectivity index (χ1n) is 4.92. The second-order valence-electron chi connectivity index (χ2n) is 4.49. The highest BCUT2D eigenvalue weighted by molar-refractivity contribution is 14.1. The molecule has 0 radical (unpaired) electrons. The Morgan fingerprint density at radius 1 is 1.47 bits per heavy atom. The van der Waals surface area contributed by atoms with Crippen molar-refractivity contribution in [3.63, 3.8) is 0 Å². The zero-order valence-electron chi connectivity index (χ0n) is 8.74. The number of hydrogen-bond acceptors (Lipinski definition) is 4. The third-order valence-corrected chi connectivity index (χ3v) is 3.70. The monoisotopic (exact) mass is 319 g/mol. The van der Waals surface area contributed by atoms with Crippen molar-refractivity contribution < 1.29 is 5.11 Å². The molecule has 1 aliphatic carbocycles. The van der Waals surface area contributed by atoms with Crippen LogP contribution in [0.1, 0.15) is 20.3 Å². The Morgan fingerprint density at radius 3 is 2.53 bits per heavy atom. The molecule has 2 unspecified atom stereocenters. The predicted molar refractivity (Wildman–Crippen MR) is 66.6 cm³/mol. The molecule has 2 N–H and O–H groups in total. The van der Waals surface area contributed by atoms with Crippen LogP contribution in [0.5, 0.6) is 0 Å². The molecule has 0 bridgehead atoms. The van der Waals surface area contributed by atoms with Gasteiger partial charge in [0.05, 0.1) is 6.10 Å². The Morgan fingerprint density at radius 2 is 2.07 bits per heavy atom. The van der Waals surface area contributed by atoms with Gasteiger partial charge in [-0.05, 0) is 29.0 Å². The van der Waals surface area contributed by atoms with Gasteiger partial charge in [0.2, 0.25) is 5.95 Å². The number of anilines is 1. The van der Waals surface area contributed by atoms with Crippen molar-refractivity contribution >= 4 is 28.5 Å². The summed E-state index contributed by atoms with van der Waals surface area (Å²) in [6.07, 6.45) is 4.09. The summed E-state index contributed by atoms with van der Waals surface area (Å²) in [5.41, 5.74) is -0.0909. The van der Waals surface area contributed by atoms with Crippen molar-refractivity contribution in [2.24, 2.45) is 5.41 Å². The normalized spacial score (nSPS) is 28.3. The smallest absolute Gasteiger partial charge is 0.222 e.